The average Bonchev–Trinajstić information content (AvgIpc) is 3.41. The number of benzene rings is 1. The zero-order valence-electron chi connectivity index (χ0n) is 14.6. The van der Waals surface area contributed by atoms with E-state index in [9.17, 15) is 4.79 Å². The molecule has 1 aliphatic carbocycles. The molecule has 1 aromatic carbocycles. The monoisotopic (exact) mass is 350 g/mol. The molecule has 3 heterocycles. The molecule has 2 fully saturated rings. The number of furan rings is 1. The first-order chi connectivity index (χ1) is 12.8. The Balaban J connectivity index is 1.36. The Bertz CT molecular complexity index is 961. The summed E-state index contributed by atoms with van der Waals surface area (Å²) >= 11 is 0. The van der Waals surface area contributed by atoms with E-state index in [1.807, 2.05) is 29.2 Å². The highest BCUT2D eigenvalue weighted by molar-refractivity contribution is 6.05. The van der Waals surface area contributed by atoms with Gasteiger partial charge in [-0.3, -0.25) is 4.79 Å². The minimum absolute atomic E-state index is 0.201. The van der Waals surface area contributed by atoms with Gasteiger partial charge in [-0.15, -0.1) is 0 Å². The summed E-state index contributed by atoms with van der Waals surface area (Å²) in [4.78, 5) is 23.4. The topological polar surface area (TPSA) is 71.3 Å². The van der Waals surface area contributed by atoms with Crippen LogP contribution in [0, 0.1) is 5.92 Å². The van der Waals surface area contributed by atoms with Crippen LogP contribution >= 0.6 is 0 Å². The molecule has 6 heteroatoms. The van der Waals surface area contributed by atoms with E-state index >= 15 is 0 Å². The van der Waals surface area contributed by atoms with Gasteiger partial charge >= 0.3 is 0 Å². The minimum Gasteiger partial charge on any atom is -0.450 e. The Morgan fingerprint density at radius 3 is 2.88 bits per heavy atom. The van der Waals surface area contributed by atoms with Gasteiger partial charge in [0.1, 0.15) is 17.4 Å². The summed E-state index contributed by atoms with van der Waals surface area (Å²) in [6.45, 7) is 1.56. The first-order valence-electron chi connectivity index (χ1n) is 9.47. The van der Waals surface area contributed by atoms with Crippen molar-refractivity contribution < 1.29 is 9.21 Å². The molecule has 2 aliphatic rings. The summed E-state index contributed by atoms with van der Waals surface area (Å²) < 4.78 is 5.98. The molecule has 1 saturated carbocycles. The molecule has 3 aromatic rings. The van der Waals surface area contributed by atoms with Gasteiger partial charge < -0.3 is 14.6 Å². The molecule has 6 nitrogen and oxygen atoms in total. The fraction of sp³-hybridized carbons (Fsp3) is 0.450. The lowest BCUT2D eigenvalue weighted by atomic mass is 10.1. The molecule has 2 aromatic heterocycles. The third kappa shape index (κ3) is 2.60. The van der Waals surface area contributed by atoms with Crippen molar-refractivity contribution in [3.63, 3.8) is 0 Å². The lowest BCUT2D eigenvalue weighted by Gasteiger charge is -2.20. The highest BCUT2D eigenvalue weighted by atomic mass is 16.3. The third-order valence-corrected chi connectivity index (χ3v) is 5.70. The Morgan fingerprint density at radius 1 is 1.15 bits per heavy atom. The number of carbonyl (C=O) groups excluding carboxylic acids is 1. The van der Waals surface area contributed by atoms with E-state index < -0.39 is 0 Å². The zero-order valence-corrected chi connectivity index (χ0v) is 14.6. The lowest BCUT2D eigenvalue weighted by Crippen LogP contribution is -2.35. The van der Waals surface area contributed by atoms with Crippen molar-refractivity contribution >= 4 is 33.8 Å². The van der Waals surface area contributed by atoms with E-state index in [2.05, 4.69) is 15.3 Å². The van der Waals surface area contributed by atoms with E-state index in [1.54, 1.807) is 6.33 Å². The van der Waals surface area contributed by atoms with Gasteiger partial charge in [-0.05, 0) is 31.4 Å². The normalized spacial score (nSPS) is 21.1. The molecule has 5 rings (SSSR count). The fourth-order valence-electron chi connectivity index (χ4n) is 4.33. The predicted molar refractivity (Wildman–Crippen MR) is 99.9 cm³/mol. The molecule has 1 aliphatic heterocycles. The van der Waals surface area contributed by atoms with Crippen LogP contribution in [-0.2, 0) is 4.79 Å². The van der Waals surface area contributed by atoms with Crippen LogP contribution in [0.5, 0.6) is 0 Å². The Hall–Kier alpha value is -2.63. The van der Waals surface area contributed by atoms with Gasteiger partial charge in [0.15, 0.2) is 11.4 Å². The summed E-state index contributed by atoms with van der Waals surface area (Å²) in [7, 11) is 0. The van der Waals surface area contributed by atoms with Crippen LogP contribution in [0.25, 0.3) is 22.1 Å². The largest absolute Gasteiger partial charge is 0.450 e. The maximum atomic E-state index is 12.6. The fourth-order valence-corrected chi connectivity index (χ4v) is 4.33. The SMILES string of the molecule is O=C(C1CCCC1)N1CCC(Nc2ncnc3c2oc2ccccc23)C1. The summed E-state index contributed by atoms with van der Waals surface area (Å²) in [6, 6.07) is 8.09. The molecule has 134 valence electrons. The lowest BCUT2D eigenvalue weighted by molar-refractivity contribution is -0.134. The van der Waals surface area contributed by atoms with Crippen LogP contribution in [0.2, 0.25) is 0 Å². The number of nitrogens with zero attached hydrogens (tertiary/aromatic N) is 3. The second-order valence-corrected chi connectivity index (χ2v) is 7.39. The van der Waals surface area contributed by atoms with Crippen LogP contribution in [0.1, 0.15) is 32.1 Å². The van der Waals surface area contributed by atoms with Crippen molar-refractivity contribution in [2.45, 2.75) is 38.1 Å². The standard InChI is InChI=1S/C20H22N4O2/c25-20(13-5-1-2-6-13)24-10-9-14(11-24)23-19-18-17(21-12-22-19)15-7-3-4-8-16(15)26-18/h3-4,7-8,12-14H,1-2,5-6,9-11H2,(H,21,22,23). The van der Waals surface area contributed by atoms with Crippen molar-refractivity contribution in [1.29, 1.82) is 0 Å². The number of likely N-dealkylation sites (tertiary alicyclic amines) is 1. The molecule has 1 N–H and O–H groups in total. The van der Waals surface area contributed by atoms with E-state index in [0.717, 1.165) is 48.8 Å². The van der Waals surface area contributed by atoms with Crippen LogP contribution in [-0.4, -0.2) is 39.9 Å². The van der Waals surface area contributed by atoms with Crippen molar-refractivity contribution in [2.75, 3.05) is 18.4 Å². The second-order valence-electron chi connectivity index (χ2n) is 7.39. The number of fused-ring (bicyclic) bond motifs is 3. The van der Waals surface area contributed by atoms with Crippen LogP contribution in [0.3, 0.4) is 0 Å². The van der Waals surface area contributed by atoms with Gasteiger partial charge in [0.2, 0.25) is 5.91 Å². The Kier molecular flexibility index (Phi) is 3.76. The number of hydrogen-bond donors (Lipinski definition) is 1. The van der Waals surface area contributed by atoms with E-state index in [-0.39, 0.29) is 12.0 Å². The Labute approximate surface area is 151 Å². The molecular formula is C20H22N4O2. The van der Waals surface area contributed by atoms with Gasteiger partial charge in [-0.1, -0.05) is 25.0 Å². The highest BCUT2D eigenvalue weighted by Gasteiger charge is 2.32. The van der Waals surface area contributed by atoms with E-state index in [0.29, 0.717) is 17.3 Å². The molecule has 26 heavy (non-hydrogen) atoms. The van der Waals surface area contributed by atoms with Crippen molar-refractivity contribution in [3.05, 3.63) is 30.6 Å². The summed E-state index contributed by atoms with van der Waals surface area (Å²) in [6.07, 6.45) is 7.00. The van der Waals surface area contributed by atoms with Crippen LogP contribution in [0.15, 0.2) is 35.0 Å². The number of aromatic nitrogens is 2. The van der Waals surface area contributed by atoms with Crippen LogP contribution in [0.4, 0.5) is 5.82 Å². The van der Waals surface area contributed by atoms with E-state index in [1.165, 1.54) is 12.8 Å². The molecule has 1 saturated heterocycles. The van der Waals surface area contributed by atoms with Gasteiger partial charge in [-0.2, -0.15) is 0 Å². The second kappa shape index (κ2) is 6.27. The van der Waals surface area contributed by atoms with Crippen molar-refractivity contribution in [2.24, 2.45) is 5.92 Å². The average molecular weight is 350 g/mol. The third-order valence-electron chi connectivity index (χ3n) is 5.70. The van der Waals surface area contributed by atoms with Crippen molar-refractivity contribution in [1.82, 2.24) is 14.9 Å². The number of hydrogen-bond acceptors (Lipinski definition) is 5. The number of rotatable bonds is 3. The van der Waals surface area contributed by atoms with Crippen molar-refractivity contribution in [3.8, 4) is 0 Å². The van der Waals surface area contributed by atoms with Gasteiger partial charge in [0, 0.05) is 30.4 Å². The van der Waals surface area contributed by atoms with E-state index in [4.69, 9.17) is 4.42 Å². The number of para-hydroxylation sites is 1. The zero-order chi connectivity index (χ0) is 17.5. The van der Waals surface area contributed by atoms with Gasteiger partial charge in [0.05, 0.1) is 0 Å². The number of anilines is 1. The Morgan fingerprint density at radius 2 is 2.00 bits per heavy atom. The van der Waals surface area contributed by atoms with Crippen LogP contribution < -0.4 is 5.32 Å². The molecule has 1 atom stereocenters. The number of carbonyl (C=O) groups is 1. The highest BCUT2D eigenvalue weighted by Crippen LogP contribution is 2.32. The number of amides is 1. The van der Waals surface area contributed by atoms with Gasteiger partial charge in [-0.25, -0.2) is 9.97 Å². The predicted octanol–water partition coefficient (Wildman–Crippen LogP) is 3.58. The van der Waals surface area contributed by atoms with Gasteiger partial charge in [0.25, 0.3) is 0 Å². The maximum absolute atomic E-state index is 12.6. The molecule has 1 amide bonds. The molecule has 0 bridgehead atoms. The molecule has 1 unspecified atom stereocenters. The smallest absolute Gasteiger partial charge is 0.225 e. The molecule has 0 radical (unpaired) electrons. The molecule has 0 spiro atoms. The first kappa shape index (κ1) is 15.6. The summed E-state index contributed by atoms with van der Waals surface area (Å²) in [5.74, 6) is 1.30. The summed E-state index contributed by atoms with van der Waals surface area (Å²) in [5.41, 5.74) is 2.33. The quantitative estimate of drug-likeness (QED) is 0.782. The molecular weight excluding hydrogens is 328 g/mol. The maximum Gasteiger partial charge on any atom is 0.225 e. The minimum atomic E-state index is 0.201. The first-order valence-corrected chi connectivity index (χ1v) is 9.47. The summed E-state index contributed by atoms with van der Waals surface area (Å²) in [5, 5.41) is 4.48. The number of nitrogens with one attached hydrogen (secondary N) is 1.